The summed E-state index contributed by atoms with van der Waals surface area (Å²) in [5.41, 5.74) is 1.41. The summed E-state index contributed by atoms with van der Waals surface area (Å²) in [5, 5.41) is 11.3. The molecule has 0 bridgehead atoms. The third-order valence-corrected chi connectivity index (χ3v) is 5.08. The SMILES string of the molecule is Cc1csc(C2CCCCN2C(=O)c2ccc(N(C)C)nn2)n1. The van der Waals surface area contributed by atoms with Crippen molar-refractivity contribution >= 4 is 23.1 Å². The highest BCUT2D eigenvalue weighted by atomic mass is 32.1. The smallest absolute Gasteiger partial charge is 0.274 e. The molecule has 2 aromatic heterocycles. The average Bonchev–Trinajstić information content (AvgIpc) is 3.00. The van der Waals surface area contributed by atoms with Crippen molar-refractivity contribution in [3.8, 4) is 0 Å². The van der Waals surface area contributed by atoms with Crippen LogP contribution in [0.5, 0.6) is 0 Å². The van der Waals surface area contributed by atoms with Crippen molar-refractivity contribution in [2.45, 2.75) is 32.2 Å². The minimum Gasteiger partial charge on any atom is -0.361 e. The number of nitrogens with zero attached hydrogens (tertiary/aromatic N) is 5. The molecule has 6 nitrogen and oxygen atoms in total. The maximum atomic E-state index is 12.9. The number of aromatic nitrogens is 3. The molecule has 7 heteroatoms. The first-order valence-corrected chi connectivity index (χ1v) is 8.68. The number of amides is 1. The molecule has 3 heterocycles. The Balaban J connectivity index is 1.83. The lowest BCUT2D eigenvalue weighted by atomic mass is 10.0. The number of hydrogen-bond acceptors (Lipinski definition) is 6. The standard InChI is InChI=1S/C16H21N5OS/c1-11-10-23-15(17-11)13-6-4-5-9-21(13)16(22)12-7-8-14(19-18-12)20(2)3/h7-8,10,13H,4-6,9H2,1-3H3. The number of likely N-dealkylation sites (tertiary alicyclic amines) is 1. The molecule has 0 saturated carbocycles. The van der Waals surface area contributed by atoms with E-state index in [-0.39, 0.29) is 11.9 Å². The molecule has 0 N–H and O–H groups in total. The second-order valence-corrected chi connectivity index (χ2v) is 6.90. The van der Waals surface area contributed by atoms with E-state index in [1.54, 1.807) is 17.4 Å². The zero-order valence-corrected chi connectivity index (χ0v) is 14.5. The van der Waals surface area contributed by atoms with Crippen LogP contribution in [-0.4, -0.2) is 46.6 Å². The Labute approximate surface area is 140 Å². The second-order valence-electron chi connectivity index (χ2n) is 6.01. The van der Waals surface area contributed by atoms with Crippen LogP contribution in [0.15, 0.2) is 17.5 Å². The van der Waals surface area contributed by atoms with Crippen molar-refractivity contribution in [2.24, 2.45) is 0 Å². The fraction of sp³-hybridized carbons (Fsp3) is 0.500. The second kappa shape index (κ2) is 6.62. The van der Waals surface area contributed by atoms with Crippen molar-refractivity contribution in [1.29, 1.82) is 0 Å². The Morgan fingerprint density at radius 1 is 1.30 bits per heavy atom. The van der Waals surface area contributed by atoms with E-state index in [0.29, 0.717) is 5.69 Å². The summed E-state index contributed by atoms with van der Waals surface area (Å²) in [6.45, 7) is 2.74. The van der Waals surface area contributed by atoms with Crippen LogP contribution < -0.4 is 4.90 Å². The molecule has 0 aliphatic carbocycles. The van der Waals surface area contributed by atoms with Gasteiger partial charge >= 0.3 is 0 Å². The van der Waals surface area contributed by atoms with E-state index in [2.05, 4.69) is 15.2 Å². The molecule has 1 unspecified atom stereocenters. The summed E-state index contributed by atoms with van der Waals surface area (Å²) < 4.78 is 0. The van der Waals surface area contributed by atoms with Crippen molar-refractivity contribution in [1.82, 2.24) is 20.1 Å². The van der Waals surface area contributed by atoms with Crippen LogP contribution in [-0.2, 0) is 0 Å². The Morgan fingerprint density at radius 3 is 2.74 bits per heavy atom. The van der Waals surface area contributed by atoms with Gasteiger partial charge in [-0.2, -0.15) is 0 Å². The van der Waals surface area contributed by atoms with Crippen LogP contribution in [0.4, 0.5) is 5.82 Å². The molecule has 1 atom stereocenters. The van der Waals surface area contributed by atoms with Crippen LogP contribution in [0.3, 0.4) is 0 Å². The van der Waals surface area contributed by atoms with Crippen LogP contribution >= 0.6 is 11.3 Å². The first-order chi connectivity index (χ1) is 11.1. The first-order valence-electron chi connectivity index (χ1n) is 7.80. The van der Waals surface area contributed by atoms with Crippen LogP contribution in [0, 0.1) is 6.92 Å². The number of aryl methyl sites for hydroxylation is 1. The normalized spacial score (nSPS) is 18.0. The predicted molar refractivity (Wildman–Crippen MR) is 90.8 cm³/mol. The molecule has 1 aliphatic heterocycles. The molecule has 1 aliphatic rings. The first kappa shape index (κ1) is 15.9. The summed E-state index contributed by atoms with van der Waals surface area (Å²) in [6, 6.07) is 3.64. The number of hydrogen-bond donors (Lipinski definition) is 0. The van der Waals surface area contributed by atoms with Gasteiger partial charge in [0.25, 0.3) is 5.91 Å². The quantitative estimate of drug-likeness (QED) is 0.865. The summed E-state index contributed by atoms with van der Waals surface area (Å²) in [5.74, 6) is 0.688. The molecule has 0 spiro atoms. The van der Waals surface area contributed by atoms with Crippen LogP contribution in [0.2, 0.25) is 0 Å². The summed E-state index contributed by atoms with van der Waals surface area (Å²) in [4.78, 5) is 21.2. The Morgan fingerprint density at radius 2 is 2.13 bits per heavy atom. The van der Waals surface area contributed by atoms with E-state index >= 15 is 0 Å². The fourth-order valence-corrected chi connectivity index (χ4v) is 3.72. The van der Waals surface area contributed by atoms with Gasteiger partial charge < -0.3 is 9.80 Å². The van der Waals surface area contributed by atoms with E-state index < -0.39 is 0 Å². The summed E-state index contributed by atoms with van der Waals surface area (Å²) in [7, 11) is 3.80. The zero-order chi connectivity index (χ0) is 16.4. The van der Waals surface area contributed by atoms with Gasteiger partial charge in [0.15, 0.2) is 11.5 Å². The molecule has 1 fully saturated rings. The summed E-state index contributed by atoms with van der Waals surface area (Å²) >= 11 is 1.63. The molecule has 0 aromatic carbocycles. The number of anilines is 1. The summed E-state index contributed by atoms with van der Waals surface area (Å²) in [6.07, 6.45) is 3.11. The van der Waals surface area contributed by atoms with Crippen molar-refractivity contribution in [3.05, 3.63) is 33.9 Å². The third-order valence-electron chi connectivity index (χ3n) is 4.01. The molecule has 3 rings (SSSR count). The molecule has 122 valence electrons. The van der Waals surface area contributed by atoms with E-state index in [1.807, 2.05) is 42.3 Å². The Bertz CT molecular complexity index is 682. The highest BCUT2D eigenvalue weighted by Crippen LogP contribution is 2.33. The van der Waals surface area contributed by atoms with E-state index in [4.69, 9.17) is 0 Å². The fourth-order valence-electron chi connectivity index (χ4n) is 2.78. The van der Waals surface area contributed by atoms with Gasteiger partial charge in [0.1, 0.15) is 5.01 Å². The molecule has 1 amide bonds. The maximum Gasteiger partial charge on any atom is 0.274 e. The highest BCUT2D eigenvalue weighted by molar-refractivity contribution is 7.09. The lowest BCUT2D eigenvalue weighted by molar-refractivity contribution is 0.0603. The molecule has 0 radical (unpaired) electrons. The van der Waals surface area contributed by atoms with Crippen molar-refractivity contribution in [3.63, 3.8) is 0 Å². The Hall–Kier alpha value is -2.02. The monoisotopic (exact) mass is 331 g/mol. The third kappa shape index (κ3) is 3.34. The predicted octanol–water partition coefficient (Wildman–Crippen LogP) is 2.67. The van der Waals surface area contributed by atoms with Crippen LogP contribution in [0.1, 0.15) is 46.5 Å². The Kier molecular flexibility index (Phi) is 4.56. The molecule has 2 aromatic rings. The molecule has 1 saturated heterocycles. The van der Waals surface area contributed by atoms with Gasteiger partial charge in [-0.05, 0) is 38.3 Å². The zero-order valence-electron chi connectivity index (χ0n) is 13.7. The highest BCUT2D eigenvalue weighted by Gasteiger charge is 2.31. The van der Waals surface area contributed by atoms with E-state index in [1.165, 1.54) is 0 Å². The van der Waals surface area contributed by atoms with Crippen molar-refractivity contribution in [2.75, 3.05) is 25.5 Å². The lowest BCUT2D eigenvalue weighted by Gasteiger charge is -2.34. The van der Waals surface area contributed by atoms with Gasteiger partial charge in [0, 0.05) is 31.7 Å². The van der Waals surface area contributed by atoms with Gasteiger partial charge in [-0.1, -0.05) is 0 Å². The number of rotatable bonds is 3. The van der Waals surface area contributed by atoms with Gasteiger partial charge in [0.2, 0.25) is 0 Å². The van der Waals surface area contributed by atoms with Gasteiger partial charge in [-0.15, -0.1) is 21.5 Å². The average molecular weight is 331 g/mol. The van der Waals surface area contributed by atoms with Gasteiger partial charge in [0.05, 0.1) is 6.04 Å². The number of carbonyl (C=O) groups excluding carboxylic acids is 1. The minimum absolute atomic E-state index is 0.0552. The van der Waals surface area contributed by atoms with E-state index in [0.717, 1.165) is 42.3 Å². The van der Waals surface area contributed by atoms with Gasteiger partial charge in [-0.3, -0.25) is 4.79 Å². The number of piperidine rings is 1. The van der Waals surface area contributed by atoms with E-state index in [9.17, 15) is 4.79 Å². The maximum absolute atomic E-state index is 12.9. The number of carbonyl (C=O) groups is 1. The number of thiazole rings is 1. The van der Waals surface area contributed by atoms with Gasteiger partial charge in [-0.25, -0.2) is 4.98 Å². The minimum atomic E-state index is -0.0552. The molecular formula is C16H21N5OS. The topological polar surface area (TPSA) is 62.2 Å². The molecule has 23 heavy (non-hydrogen) atoms. The van der Waals surface area contributed by atoms with Crippen molar-refractivity contribution < 1.29 is 4.79 Å². The lowest BCUT2D eigenvalue weighted by Crippen LogP contribution is -2.39. The largest absolute Gasteiger partial charge is 0.361 e. The molecular weight excluding hydrogens is 310 g/mol. The van der Waals surface area contributed by atoms with Crippen LogP contribution in [0.25, 0.3) is 0 Å².